The zero-order chi connectivity index (χ0) is 17.5. The van der Waals surface area contributed by atoms with E-state index in [-0.39, 0.29) is 12.5 Å². The Morgan fingerprint density at radius 2 is 2.20 bits per heavy atom. The normalized spacial score (nSPS) is 13.6. The number of amides is 1. The molecule has 1 aliphatic rings. The summed E-state index contributed by atoms with van der Waals surface area (Å²) in [6.45, 7) is 3.96. The summed E-state index contributed by atoms with van der Waals surface area (Å²) in [5, 5.41) is 6.67. The van der Waals surface area contributed by atoms with Crippen LogP contribution in [0.25, 0.3) is 0 Å². The van der Waals surface area contributed by atoms with E-state index in [2.05, 4.69) is 15.5 Å². The predicted octanol–water partition coefficient (Wildman–Crippen LogP) is 2.50. The van der Waals surface area contributed by atoms with Gasteiger partial charge >= 0.3 is 0 Å². The van der Waals surface area contributed by atoms with E-state index in [1.54, 1.807) is 25.1 Å². The second-order valence-electron chi connectivity index (χ2n) is 6.14. The second-order valence-corrected chi connectivity index (χ2v) is 6.14. The van der Waals surface area contributed by atoms with Gasteiger partial charge in [-0.15, -0.1) is 0 Å². The lowest BCUT2D eigenvalue weighted by Gasteiger charge is -2.10. The molecule has 1 aliphatic carbocycles. The highest BCUT2D eigenvalue weighted by molar-refractivity contribution is 5.96. The highest BCUT2D eigenvalue weighted by Gasteiger charge is 2.20. The maximum Gasteiger partial charge on any atom is 0.255 e. The molecule has 0 unspecified atom stereocenters. The number of nitrogens with one attached hydrogen (secondary N) is 1. The summed E-state index contributed by atoms with van der Waals surface area (Å²) in [5.74, 6) is 2.02. The molecule has 134 valence electrons. The van der Waals surface area contributed by atoms with Crippen molar-refractivity contribution >= 4 is 5.91 Å². The van der Waals surface area contributed by atoms with Crippen molar-refractivity contribution < 1.29 is 18.8 Å². The standard InChI is InChI=1S/C18H23N3O4/c1-13-20-17(21-25-13)12-24-16-6-3-2-5-15(16)18(22)19-9-4-10-23-11-14-7-8-14/h2-3,5-6,14H,4,7-12H2,1H3,(H,19,22). The van der Waals surface area contributed by atoms with Gasteiger partial charge in [0.1, 0.15) is 5.75 Å². The first-order valence-corrected chi connectivity index (χ1v) is 8.59. The van der Waals surface area contributed by atoms with Gasteiger partial charge in [0.05, 0.1) is 5.56 Å². The molecule has 1 N–H and O–H groups in total. The van der Waals surface area contributed by atoms with E-state index in [9.17, 15) is 4.79 Å². The third-order valence-corrected chi connectivity index (χ3v) is 3.86. The molecular formula is C18H23N3O4. The Labute approximate surface area is 146 Å². The molecule has 7 heteroatoms. The Morgan fingerprint density at radius 3 is 2.96 bits per heavy atom. The summed E-state index contributed by atoms with van der Waals surface area (Å²) >= 11 is 0. The van der Waals surface area contributed by atoms with Crippen molar-refractivity contribution in [3.05, 3.63) is 41.5 Å². The molecule has 3 rings (SSSR count). The number of hydrogen-bond acceptors (Lipinski definition) is 6. The molecule has 0 atom stereocenters. The van der Waals surface area contributed by atoms with Gasteiger partial charge in [0.15, 0.2) is 6.61 Å². The van der Waals surface area contributed by atoms with Crippen LogP contribution >= 0.6 is 0 Å². The van der Waals surface area contributed by atoms with E-state index in [1.165, 1.54) is 12.8 Å². The molecular weight excluding hydrogens is 322 g/mol. The summed E-state index contributed by atoms with van der Waals surface area (Å²) in [6.07, 6.45) is 3.37. The molecule has 1 heterocycles. The fraction of sp³-hybridized carbons (Fsp3) is 0.500. The lowest BCUT2D eigenvalue weighted by molar-refractivity contribution is 0.0933. The third-order valence-electron chi connectivity index (χ3n) is 3.86. The summed E-state index contributed by atoms with van der Waals surface area (Å²) < 4.78 is 16.1. The number of nitrogens with zero attached hydrogens (tertiary/aromatic N) is 2. The van der Waals surface area contributed by atoms with Crippen molar-refractivity contribution in [2.45, 2.75) is 32.8 Å². The molecule has 7 nitrogen and oxygen atoms in total. The number of para-hydroxylation sites is 1. The minimum Gasteiger partial charge on any atom is -0.485 e. The van der Waals surface area contributed by atoms with Crippen LogP contribution in [0.3, 0.4) is 0 Å². The zero-order valence-electron chi connectivity index (χ0n) is 14.4. The van der Waals surface area contributed by atoms with Gasteiger partial charge in [-0.3, -0.25) is 4.79 Å². The Bertz CT molecular complexity index is 697. The number of ether oxygens (including phenoxy) is 2. The highest BCUT2D eigenvalue weighted by atomic mass is 16.5. The molecule has 1 fully saturated rings. The number of carbonyl (C=O) groups excluding carboxylic acids is 1. The van der Waals surface area contributed by atoms with Crippen LogP contribution in [-0.4, -0.2) is 35.8 Å². The van der Waals surface area contributed by atoms with Crippen molar-refractivity contribution in [3.63, 3.8) is 0 Å². The minimum atomic E-state index is -0.165. The van der Waals surface area contributed by atoms with E-state index < -0.39 is 0 Å². The van der Waals surface area contributed by atoms with Gasteiger partial charge in [-0.25, -0.2) is 0 Å². The largest absolute Gasteiger partial charge is 0.485 e. The van der Waals surface area contributed by atoms with Gasteiger partial charge < -0.3 is 19.3 Å². The molecule has 1 saturated carbocycles. The quantitative estimate of drug-likeness (QED) is 0.666. The molecule has 0 spiro atoms. The number of carbonyl (C=O) groups is 1. The van der Waals surface area contributed by atoms with E-state index in [0.29, 0.717) is 36.2 Å². The Morgan fingerprint density at radius 1 is 1.36 bits per heavy atom. The average Bonchev–Trinajstić information content (AvgIpc) is 3.36. The van der Waals surface area contributed by atoms with E-state index in [0.717, 1.165) is 18.9 Å². The van der Waals surface area contributed by atoms with Crippen molar-refractivity contribution in [1.82, 2.24) is 15.5 Å². The first-order valence-electron chi connectivity index (χ1n) is 8.59. The third kappa shape index (κ3) is 5.56. The Kier molecular flexibility index (Phi) is 6.00. The lowest BCUT2D eigenvalue weighted by atomic mass is 10.2. The van der Waals surface area contributed by atoms with Gasteiger partial charge in [0.2, 0.25) is 11.7 Å². The number of benzene rings is 1. The van der Waals surface area contributed by atoms with Crippen molar-refractivity contribution in [3.8, 4) is 5.75 Å². The van der Waals surface area contributed by atoms with E-state index in [4.69, 9.17) is 14.0 Å². The van der Waals surface area contributed by atoms with Crippen LogP contribution in [0.1, 0.15) is 41.3 Å². The first-order chi connectivity index (χ1) is 12.2. The highest BCUT2D eigenvalue weighted by Crippen LogP contribution is 2.28. The minimum absolute atomic E-state index is 0.149. The monoisotopic (exact) mass is 345 g/mol. The molecule has 0 bridgehead atoms. The van der Waals surface area contributed by atoms with E-state index >= 15 is 0 Å². The van der Waals surface area contributed by atoms with Crippen LogP contribution in [0.4, 0.5) is 0 Å². The number of rotatable bonds is 10. The summed E-state index contributed by atoms with van der Waals surface area (Å²) in [4.78, 5) is 16.4. The van der Waals surface area contributed by atoms with Crippen LogP contribution in [0.15, 0.2) is 28.8 Å². The molecule has 0 aliphatic heterocycles. The fourth-order valence-corrected chi connectivity index (χ4v) is 2.33. The van der Waals surface area contributed by atoms with Gasteiger partial charge in [-0.2, -0.15) is 4.98 Å². The van der Waals surface area contributed by atoms with Crippen molar-refractivity contribution in [1.29, 1.82) is 0 Å². The van der Waals surface area contributed by atoms with Crippen LogP contribution < -0.4 is 10.1 Å². The van der Waals surface area contributed by atoms with Gasteiger partial charge in [0.25, 0.3) is 5.91 Å². The van der Waals surface area contributed by atoms with Crippen LogP contribution in [0.2, 0.25) is 0 Å². The van der Waals surface area contributed by atoms with Crippen LogP contribution in [0, 0.1) is 12.8 Å². The number of aryl methyl sites for hydroxylation is 1. The van der Waals surface area contributed by atoms with Gasteiger partial charge in [-0.1, -0.05) is 17.3 Å². The molecule has 0 saturated heterocycles. The predicted molar refractivity (Wildman–Crippen MR) is 90.3 cm³/mol. The maximum atomic E-state index is 12.4. The summed E-state index contributed by atoms with van der Waals surface area (Å²) in [7, 11) is 0. The number of aromatic nitrogens is 2. The van der Waals surface area contributed by atoms with Crippen LogP contribution in [0.5, 0.6) is 5.75 Å². The van der Waals surface area contributed by atoms with Gasteiger partial charge in [0, 0.05) is 26.7 Å². The summed E-state index contributed by atoms with van der Waals surface area (Å²) in [6, 6.07) is 7.11. The Balaban J connectivity index is 1.44. The molecule has 0 radical (unpaired) electrons. The average molecular weight is 345 g/mol. The SMILES string of the molecule is Cc1nc(COc2ccccc2C(=O)NCCCOCC2CC2)no1. The molecule has 25 heavy (non-hydrogen) atoms. The van der Waals surface area contributed by atoms with Gasteiger partial charge in [-0.05, 0) is 37.3 Å². The fourth-order valence-electron chi connectivity index (χ4n) is 2.33. The topological polar surface area (TPSA) is 86.5 Å². The second kappa shape index (κ2) is 8.62. The molecule has 2 aromatic rings. The molecule has 1 amide bonds. The first kappa shape index (κ1) is 17.4. The molecule has 1 aromatic heterocycles. The van der Waals surface area contributed by atoms with Crippen molar-refractivity contribution in [2.24, 2.45) is 5.92 Å². The summed E-state index contributed by atoms with van der Waals surface area (Å²) in [5.41, 5.74) is 0.488. The smallest absolute Gasteiger partial charge is 0.255 e. The lowest BCUT2D eigenvalue weighted by Crippen LogP contribution is -2.26. The van der Waals surface area contributed by atoms with Crippen molar-refractivity contribution in [2.75, 3.05) is 19.8 Å². The van der Waals surface area contributed by atoms with Crippen LogP contribution in [-0.2, 0) is 11.3 Å². The molecule has 1 aromatic carbocycles. The zero-order valence-corrected chi connectivity index (χ0v) is 14.4. The number of hydrogen-bond donors (Lipinski definition) is 1. The Hall–Kier alpha value is -2.41. The maximum absolute atomic E-state index is 12.4. The van der Waals surface area contributed by atoms with E-state index in [1.807, 2.05) is 6.07 Å².